The third-order valence-corrected chi connectivity index (χ3v) is 7.11. The molecular weight excluding hydrogens is 467 g/mol. The van der Waals surface area contributed by atoms with E-state index in [2.05, 4.69) is 40.6 Å². The highest BCUT2D eigenvalue weighted by Gasteiger charge is 2.20. The Morgan fingerprint density at radius 2 is 1.87 bits per heavy atom. The van der Waals surface area contributed by atoms with Gasteiger partial charge in [-0.25, -0.2) is 14.4 Å². The van der Waals surface area contributed by atoms with Gasteiger partial charge in [-0.2, -0.15) is 0 Å². The number of anilines is 1. The SMILES string of the molecule is COc1cc(-c2nc(-c3ccc(F)cc3)n(COCC[Si](C)(C)C)c2Br)cnc1N. The number of methoxy groups -OCH3 is 1. The summed E-state index contributed by atoms with van der Waals surface area (Å²) in [6.07, 6.45) is 1.65. The normalized spacial score (nSPS) is 11.7. The van der Waals surface area contributed by atoms with Gasteiger partial charge in [0, 0.05) is 32.0 Å². The van der Waals surface area contributed by atoms with E-state index in [1.54, 1.807) is 31.5 Å². The molecule has 0 aliphatic carbocycles. The van der Waals surface area contributed by atoms with E-state index in [0.29, 0.717) is 36.4 Å². The zero-order valence-electron chi connectivity index (χ0n) is 17.6. The van der Waals surface area contributed by atoms with Crippen molar-refractivity contribution in [2.75, 3.05) is 19.5 Å². The number of nitrogen functional groups attached to an aromatic ring is 1. The van der Waals surface area contributed by atoms with Crippen molar-refractivity contribution in [1.29, 1.82) is 0 Å². The van der Waals surface area contributed by atoms with Crippen molar-refractivity contribution in [3.63, 3.8) is 0 Å². The van der Waals surface area contributed by atoms with Crippen molar-refractivity contribution in [3.05, 3.63) is 46.9 Å². The van der Waals surface area contributed by atoms with Crippen molar-refractivity contribution in [2.24, 2.45) is 0 Å². The quantitative estimate of drug-likeness (QED) is 0.335. The molecule has 2 aromatic heterocycles. The monoisotopic (exact) mass is 492 g/mol. The van der Waals surface area contributed by atoms with Crippen LogP contribution >= 0.6 is 15.9 Å². The van der Waals surface area contributed by atoms with Crippen LogP contribution in [0, 0.1) is 5.82 Å². The molecule has 2 N–H and O–H groups in total. The lowest BCUT2D eigenvalue weighted by Gasteiger charge is -2.16. The summed E-state index contributed by atoms with van der Waals surface area (Å²) in [6, 6.07) is 9.10. The molecule has 1 aromatic carbocycles. The summed E-state index contributed by atoms with van der Waals surface area (Å²) in [5, 5.41) is 0. The molecule has 0 spiro atoms. The molecule has 0 aliphatic rings. The Labute approximate surface area is 185 Å². The van der Waals surface area contributed by atoms with Gasteiger partial charge in [-0.1, -0.05) is 19.6 Å². The van der Waals surface area contributed by atoms with Crippen molar-refractivity contribution < 1.29 is 13.9 Å². The largest absolute Gasteiger partial charge is 0.493 e. The fraction of sp³-hybridized carbons (Fsp3) is 0.333. The molecule has 0 bridgehead atoms. The van der Waals surface area contributed by atoms with E-state index in [9.17, 15) is 4.39 Å². The van der Waals surface area contributed by atoms with Crippen molar-refractivity contribution in [3.8, 4) is 28.4 Å². The lowest BCUT2D eigenvalue weighted by Crippen LogP contribution is -2.22. The van der Waals surface area contributed by atoms with E-state index in [0.717, 1.165) is 21.8 Å². The summed E-state index contributed by atoms with van der Waals surface area (Å²) < 4.78 is 27.4. The van der Waals surface area contributed by atoms with Gasteiger partial charge in [0.15, 0.2) is 11.6 Å². The summed E-state index contributed by atoms with van der Waals surface area (Å²) in [5.41, 5.74) is 8.05. The number of imidazole rings is 1. The zero-order valence-corrected chi connectivity index (χ0v) is 20.2. The molecule has 160 valence electrons. The second-order valence-corrected chi connectivity index (χ2v) is 14.5. The van der Waals surface area contributed by atoms with Crippen LogP contribution in [0.3, 0.4) is 0 Å². The average Bonchev–Trinajstić information content (AvgIpc) is 3.02. The summed E-state index contributed by atoms with van der Waals surface area (Å²) in [7, 11) is 0.349. The van der Waals surface area contributed by atoms with Crippen molar-refractivity contribution >= 4 is 29.8 Å². The minimum Gasteiger partial charge on any atom is -0.493 e. The number of ether oxygens (including phenoxy) is 2. The first-order chi connectivity index (χ1) is 14.2. The number of rotatable bonds is 8. The third kappa shape index (κ3) is 5.27. The fourth-order valence-electron chi connectivity index (χ4n) is 2.84. The van der Waals surface area contributed by atoms with Crippen LogP contribution in [0.4, 0.5) is 10.2 Å². The van der Waals surface area contributed by atoms with Crippen LogP contribution in [0.1, 0.15) is 0 Å². The number of pyridine rings is 1. The van der Waals surface area contributed by atoms with Crippen LogP contribution in [-0.4, -0.2) is 36.3 Å². The molecule has 0 saturated carbocycles. The second kappa shape index (κ2) is 9.28. The van der Waals surface area contributed by atoms with Crippen LogP contribution in [0.2, 0.25) is 25.7 Å². The Hall–Kier alpha value is -2.23. The number of hydrogen-bond donors (Lipinski definition) is 1. The van der Waals surface area contributed by atoms with Gasteiger partial charge >= 0.3 is 0 Å². The summed E-state index contributed by atoms with van der Waals surface area (Å²) in [5.74, 6) is 1.16. The molecule has 3 aromatic rings. The highest BCUT2D eigenvalue weighted by Crippen LogP contribution is 2.35. The number of benzene rings is 1. The number of halogens is 2. The molecule has 3 rings (SSSR count). The zero-order chi connectivity index (χ0) is 21.9. The minimum atomic E-state index is -1.19. The maximum absolute atomic E-state index is 13.4. The standard InChI is InChI=1S/C21H26BrFN4O2Si/c1-28-17-11-15(12-25-20(17)24)18-19(22)27(13-29-9-10-30(2,3)4)21(26-18)14-5-7-16(23)8-6-14/h5-8,11-12H,9-10,13H2,1-4H3,(H2,24,25). The van der Waals surface area contributed by atoms with Gasteiger partial charge < -0.3 is 15.2 Å². The van der Waals surface area contributed by atoms with Gasteiger partial charge in [0.1, 0.15) is 28.7 Å². The predicted molar refractivity (Wildman–Crippen MR) is 124 cm³/mol. The number of hydrogen-bond acceptors (Lipinski definition) is 5. The van der Waals surface area contributed by atoms with E-state index in [1.807, 2.05) is 4.57 Å². The molecule has 0 radical (unpaired) electrons. The van der Waals surface area contributed by atoms with Crippen LogP contribution in [0.15, 0.2) is 41.1 Å². The number of aromatic nitrogens is 3. The van der Waals surface area contributed by atoms with Gasteiger partial charge in [-0.15, -0.1) is 0 Å². The highest BCUT2D eigenvalue weighted by molar-refractivity contribution is 9.10. The van der Waals surface area contributed by atoms with E-state index in [-0.39, 0.29) is 5.82 Å². The van der Waals surface area contributed by atoms with Crippen molar-refractivity contribution in [1.82, 2.24) is 14.5 Å². The lowest BCUT2D eigenvalue weighted by atomic mass is 10.2. The van der Waals surface area contributed by atoms with E-state index in [4.69, 9.17) is 20.2 Å². The van der Waals surface area contributed by atoms with Gasteiger partial charge in [0.05, 0.1) is 7.11 Å². The van der Waals surface area contributed by atoms with Gasteiger partial charge in [0.2, 0.25) is 0 Å². The first-order valence-electron chi connectivity index (χ1n) is 9.59. The molecule has 0 atom stereocenters. The molecule has 0 aliphatic heterocycles. The molecule has 2 heterocycles. The average molecular weight is 493 g/mol. The molecule has 9 heteroatoms. The Bertz CT molecular complexity index is 1020. The molecular formula is C21H26BrFN4O2Si. The molecule has 0 saturated heterocycles. The van der Waals surface area contributed by atoms with Gasteiger partial charge in [-0.3, -0.25) is 4.57 Å². The fourth-order valence-corrected chi connectivity index (χ4v) is 4.18. The van der Waals surface area contributed by atoms with Crippen LogP contribution in [0.25, 0.3) is 22.6 Å². The Morgan fingerprint density at radius 3 is 2.50 bits per heavy atom. The first-order valence-corrected chi connectivity index (χ1v) is 14.1. The first kappa shape index (κ1) is 22.5. The molecule has 0 amide bonds. The van der Waals surface area contributed by atoms with Crippen LogP contribution in [0.5, 0.6) is 5.75 Å². The Kier molecular flexibility index (Phi) is 6.94. The highest BCUT2D eigenvalue weighted by atomic mass is 79.9. The molecule has 30 heavy (non-hydrogen) atoms. The predicted octanol–water partition coefficient (Wildman–Crippen LogP) is 5.42. The summed E-state index contributed by atoms with van der Waals surface area (Å²) >= 11 is 3.66. The summed E-state index contributed by atoms with van der Waals surface area (Å²) in [4.78, 5) is 9.00. The number of nitrogens with two attached hydrogens (primary N) is 1. The summed E-state index contributed by atoms with van der Waals surface area (Å²) in [6.45, 7) is 7.94. The molecule has 0 unspecified atom stereocenters. The molecule has 6 nitrogen and oxygen atoms in total. The van der Waals surface area contributed by atoms with Crippen molar-refractivity contribution in [2.45, 2.75) is 32.4 Å². The van der Waals surface area contributed by atoms with E-state index in [1.165, 1.54) is 12.1 Å². The van der Waals surface area contributed by atoms with Gasteiger partial charge in [0.25, 0.3) is 0 Å². The van der Waals surface area contributed by atoms with Crippen LogP contribution < -0.4 is 10.5 Å². The second-order valence-electron chi connectivity index (χ2n) is 8.17. The topological polar surface area (TPSA) is 75.2 Å². The van der Waals surface area contributed by atoms with E-state index >= 15 is 0 Å². The lowest BCUT2D eigenvalue weighted by molar-refractivity contribution is 0.0869. The number of nitrogens with zero attached hydrogens (tertiary/aromatic N) is 3. The Balaban J connectivity index is 1.99. The molecule has 0 fully saturated rings. The third-order valence-electron chi connectivity index (χ3n) is 4.60. The maximum atomic E-state index is 13.4. The van der Waals surface area contributed by atoms with Crippen LogP contribution in [-0.2, 0) is 11.5 Å². The van der Waals surface area contributed by atoms with E-state index < -0.39 is 8.07 Å². The maximum Gasteiger partial charge on any atom is 0.166 e. The smallest absolute Gasteiger partial charge is 0.166 e. The Morgan fingerprint density at radius 1 is 1.17 bits per heavy atom. The van der Waals surface area contributed by atoms with Gasteiger partial charge in [-0.05, 0) is 52.3 Å². The minimum absolute atomic E-state index is 0.296.